The molecule has 2 aromatic carbocycles. The van der Waals surface area contributed by atoms with Crippen molar-refractivity contribution < 1.29 is 14.5 Å². The topological polar surface area (TPSA) is 69.4 Å². The number of hydrogen-bond donors (Lipinski definition) is 0. The summed E-state index contributed by atoms with van der Waals surface area (Å²) in [4.78, 5) is 22.0. The molecule has 21 heavy (non-hydrogen) atoms. The molecule has 0 aromatic heterocycles. The Morgan fingerprint density at radius 2 is 1.67 bits per heavy atom. The highest BCUT2D eigenvalue weighted by Gasteiger charge is 2.16. The van der Waals surface area contributed by atoms with Crippen molar-refractivity contribution in [1.82, 2.24) is 0 Å². The highest BCUT2D eigenvalue weighted by atomic mass is 35.5. The maximum Gasteiger partial charge on any atom is 0.341 e. The molecule has 0 bridgehead atoms. The maximum atomic E-state index is 11.9. The summed E-state index contributed by atoms with van der Waals surface area (Å²) in [7, 11) is 0. The molecule has 0 radical (unpaired) electrons. The number of halogens is 2. The second-order valence-corrected chi connectivity index (χ2v) is 4.91. The van der Waals surface area contributed by atoms with Gasteiger partial charge in [0.1, 0.15) is 6.61 Å². The van der Waals surface area contributed by atoms with Crippen molar-refractivity contribution in [3.05, 3.63) is 73.8 Å². The molecule has 0 spiro atoms. The Morgan fingerprint density at radius 3 is 2.19 bits per heavy atom. The standard InChI is InChI=1S/C14H9Cl2NO4/c15-11-2-1-3-12(16)13(11)14(18)21-8-9-4-6-10(7-5-9)17(19)20/h1-7H,8H2. The van der Waals surface area contributed by atoms with Crippen molar-refractivity contribution in [2.45, 2.75) is 6.61 Å². The maximum absolute atomic E-state index is 11.9. The van der Waals surface area contributed by atoms with E-state index in [-0.39, 0.29) is 27.9 Å². The SMILES string of the molecule is O=C(OCc1ccc([N+](=O)[O-])cc1)c1c(Cl)cccc1Cl. The highest BCUT2D eigenvalue weighted by Crippen LogP contribution is 2.25. The molecule has 0 fully saturated rings. The Hall–Kier alpha value is -2.11. The number of hydrogen-bond acceptors (Lipinski definition) is 4. The van der Waals surface area contributed by atoms with Crippen LogP contribution in [0.3, 0.4) is 0 Å². The van der Waals surface area contributed by atoms with Crippen LogP contribution in [0.5, 0.6) is 0 Å². The average molecular weight is 326 g/mol. The van der Waals surface area contributed by atoms with Gasteiger partial charge in [-0.25, -0.2) is 4.79 Å². The predicted molar refractivity (Wildman–Crippen MR) is 78.7 cm³/mol. The van der Waals surface area contributed by atoms with Crippen molar-refractivity contribution in [3.63, 3.8) is 0 Å². The van der Waals surface area contributed by atoms with Gasteiger partial charge in [-0.1, -0.05) is 29.3 Å². The number of esters is 1. The lowest BCUT2D eigenvalue weighted by atomic mass is 10.2. The first-order valence-corrected chi connectivity index (χ1v) is 6.59. The normalized spacial score (nSPS) is 10.2. The summed E-state index contributed by atoms with van der Waals surface area (Å²) in [5.41, 5.74) is 0.694. The summed E-state index contributed by atoms with van der Waals surface area (Å²) in [6, 6.07) is 10.4. The summed E-state index contributed by atoms with van der Waals surface area (Å²) in [6.45, 7) is -0.0294. The summed E-state index contributed by atoms with van der Waals surface area (Å²) >= 11 is 11.8. The predicted octanol–water partition coefficient (Wildman–Crippen LogP) is 4.26. The first-order chi connectivity index (χ1) is 9.99. The number of ether oxygens (including phenoxy) is 1. The molecule has 0 aliphatic rings. The number of nitro benzene ring substituents is 1. The zero-order valence-electron chi connectivity index (χ0n) is 10.6. The monoisotopic (exact) mass is 325 g/mol. The van der Waals surface area contributed by atoms with Gasteiger partial charge >= 0.3 is 5.97 Å². The molecule has 0 aliphatic carbocycles. The zero-order chi connectivity index (χ0) is 15.4. The Kier molecular flexibility index (Phi) is 4.77. The largest absolute Gasteiger partial charge is 0.457 e. The van der Waals surface area contributed by atoms with Crippen LogP contribution in [0.25, 0.3) is 0 Å². The van der Waals surface area contributed by atoms with Crippen molar-refractivity contribution in [2.75, 3.05) is 0 Å². The molecule has 108 valence electrons. The lowest BCUT2D eigenvalue weighted by Crippen LogP contribution is -2.06. The van der Waals surface area contributed by atoms with Crippen molar-refractivity contribution in [3.8, 4) is 0 Å². The van der Waals surface area contributed by atoms with Crippen LogP contribution in [-0.4, -0.2) is 10.9 Å². The van der Waals surface area contributed by atoms with E-state index in [1.807, 2.05) is 0 Å². The van der Waals surface area contributed by atoms with Gasteiger partial charge in [-0.05, 0) is 29.8 Å². The van der Waals surface area contributed by atoms with Gasteiger partial charge in [-0.15, -0.1) is 0 Å². The third-order valence-electron chi connectivity index (χ3n) is 2.68. The minimum Gasteiger partial charge on any atom is -0.457 e. The van der Waals surface area contributed by atoms with Gasteiger partial charge in [-0.3, -0.25) is 10.1 Å². The van der Waals surface area contributed by atoms with Crippen LogP contribution >= 0.6 is 23.2 Å². The van der Waals surface area contributed by atoms with E-state index in [1.165, 1.54) is 36.4 Å². The van der Waals surface area contributed by atoms with E-state index in [4.69, 9.17) is 27.9 Å². The second kappa shape index (κ2) is 6.56. The summed E-state index contributed by atoms with van der Waals surface area (Å²) in [5, 5.41) is 10.9. The smallest absolute Gasteiger partial charge is 0.341 e. The number of nitro groups is 1. The fraction of sp³-hybridized carbons (Fsp3) is 0.0714. The molecule has 2 rings (SSSR count). The number of rotatable bonds is 4. The zero-order valence-corrected chi connectivity index (χ0v) is 12.1. The Balaban J connectivity index is 2.06. The van der Waals surface area contributed by atoms with Gasteiger partial charge in [0.2, 0.25) is 0 Å². The van der Waals surface area contributed by atoms with Crippen molar-refractivity contribution >= 4 is 34.9 Å². The number of benzene rings is 2. The fourth-order valence-corrected chi connectivity index (χ4v) is 2.18. The van der Waals surface area contributed by atoms with E-state index in [1.54, 1.807) is 6.07 Å². The number of nitrogens with zero attached hydrogens (tertiary/aromatic N) is 1. The van der Waals surface area contributed by atoms with E-state index in [9.17, 15) is 14.9 Å². The minimum atomic E-state index is -0.649. The minimum absolute atomic E-state index is 0.0285. The van der Waals surface area contributed by atoms with Gasteiger partial charge in [0, 0.05) is 12.1 Å². The van der Waals surface area contributed by atoms with Crippen LogP contribution < -0.4 is 0 Å². The van der Waals surface area contributed by atoms with E-state index in [2.05, 4.69) is 0 Å². The number of non-ortho nitro benzene ring substituents is 1. The highest BCUT2D eigenvalue weighted by molar-refractivity contribution is 6.39. The first-order valence-electron chi connectivity index (χ1n) is 5.83. The Labute approximate surface area is 130 Å². The Bertz CT molecular complexity index is 666. The molecule has 0 amide bonds. The van der Waals surface area contributed by atoms with Crippen LogP contribution in [0.4, 0.5) is 5.69 Å². The lowest BCUT2D eigenvalue weighted by molar-refractivity contribution is -0.384. The summed E-state index contributed by atoms with van der Waals surface area (Å²) < 4.78 is 5.10. The van der Waals surface area contributed by atoms with E-state index in [0.29, 0.717) is 5.56 Å². The number of carbonyl (C=O) groups is 1. The van der Waals surface area contributed by atoms with Gasteiger partial charge in [0.05, 0.1) is 20.5 Å². The van der Waals surface area contributed by atoms with Gasteiger partial charge in [0.15, 0.2) is 0 Å². The van der Waals surface area contributed by atoms with Crippen LogP contribution in [0.2, 0.25) is 10.0 Å². The second-order valence-electron chi connectivity index (χ2n) is 4.10. The van der Waals surface area contributed by atoms with E-state index < -0.39 is 10.9 Å². The summed E-state index contributed by atoms with van der Waals surface area (Å²) in [5.74, 6) is -0.649. The number of carbonyl (C=O) groups excluding carboxylic acids is 1. The van der Waals surface area contributed by atoms with Gasteiger partial charge in [0.25, 0.3) is 5.69 Å². The lowest BCUT2D eigenvalue weighted by Gasteiger charge is -2.07. The van der Waals surface area contributed by atoms with Crippen molar-refractivity contribution in [1.29, 1.82) is 0 Å². The molecular weight excluding hydrogens is 317 g/mol. The van der Waals surface area contributed by atoms with Crippen molar-refractivity contribution in [2.24, 2.45) is 0 Å². The molecule has 0 unspecified atom stereocenters. The van der Waals surface area contributed by atoms with Crippen LogP contribution in [0, 0.1) is 10.1 Å². The third-order valence-corrected chi connectivity index (χ3v) is 3.31. The molecule has 0 aliphatic heterocycles. The molecule has 0 heterocycles. The molecule has 0 saturated carbocycles. The van der Waals surface area contributed by atoms with E-state index >= 15 is 0 Å². The van der Waals surface area contributed by atoms with Gasteiger partial charge < -0.3 is 4.74 Å². The van der Waals surface area contributed by atoms with Crippen LogP contribution in [-0.2, 0) is 11.3 Å². The third kappa shape index (κ3) is 3.71. The molecular formula is C14H9Cl2NO4. The molecule has 0 N–H and O–H groups in total. The molecule has 7 heteroatoms. The van der Waals surface area contributed by atoms with Crippen LogP contribution in [0.1, 0.15) is 15.9 Å². The quantitative estimate of drug-likeness (QED) is 0.478. The average Bonchev–Trinajstić information content (AvgIpc) is 2.45. The molecule has 5 nitrogen and oxygen atoms in total. The van der Waals surface area contributed by atoms with E-state index in [0.717, 1.165) is 0 Å². The first kappa shape index (κ1) is 15.3. The molecule has 2 aromatic rings. The van der Waals surface area contributed by atoms with Crippen LogP contribution in [0.15, 0.2) is 42.5 Å². The fourth-order valence-electron chi connectivity index (χ4n) is 1.63. The Morgan fingerprint density at radius 1 is 1.10 bits per heavy atom. The molecule has 0 atom stereocenters. The molecule has 0 saturated heterocycles. The van der Waals surface area contributed by atoms with Gasteiger partial charge in [-0.2, -0.15) is 0 Å². The summed E-state index contributed by atoms with van der Waals surface area (Å²) in [6.07, 6.45) is 0.